The molecule has 0 aliphatic heterocycles. The molecule has 1 aliphatic carbocycles. The molecule has 120 valence electrons. The number of thiophene rings is 1. The first kappa shape index (κ1) is 16.0. The molecular weight excluding hydrogens is 316 g/mol. The van der Waals surface area contributed by atoms with Gasteiger partial charge in [-0.2, -0.15) is 0 Å². The third kappa shape index (κ3) is 2.96. The Balaban J connectivity index is 2.11. The second-order valence-electron chi connectivity index (χ2n) is 6.49. The predicted octanol–water partition coefficient (Wildman–Crippen LogP) is 3.22. The first-order valence-corrected chi connectivity index (χ1v) is 9.61. The molecule has 0 radical (unpaired) electrons. The lowest BCUT2D eigenvalue weighted by Crippen LogP contribution is -2.26. The Hall–Kier alpha value is -0.850. The summed E-state index contributed by atoms with van der Waals surface area (Å²) in [6, 6.07) is 0. The van der Waals surface area contributed by atoms with E-state index < -0.39 is 5.60 Å². The molecule has 3 rings (SSSR count). The van der Waals surface area contributed by atoms with Crippen LogP contribution in [-0.2, 0) is 19.4 Å². The summed E-state index contributed by atoms with van der Waals surface area (Å²) in [4.78, 5) is 19.9. The van der Waals surface area contributed by atoms with Gasteiger partial charge in [-0.25, -0.2) is 4.98 Å². The van der Waals surface area contributed by atoms with E-state index in [1.54, 1.807) is 29.8 Å². The molecule has 0 fully saturated rings. The van der Waals surface area contributed by atoms with Gasteiger partial charge in [0.05, 0.1) is 11.0 Å². The van der Waals surface area contributed by atoms with Crippen LogP contribution in [0.1, 0.15) is 44.1 Å². The molecule has 2 aromatic heterocycles. The van der Waals surface area contributed by atoms with Gasteiger partial charge in [0.1, 0.15) is 4.83 Å². The number of aromatic nitrogens is 2. The third-order valence-electron chi connectivity index (χ3n) is 3.79. The first-order chi connectivity index (χ1) is 10.4. The molecule has 2 heterocycles. The Morgan fingerprint density at radius 1 is 1.41 bits per heavy atom. The van der Waals surface area contributed by atoms with E-state index in [0.29, 0.717) is 12.3 Å². The van der Waals surface area contributed by atoms with Crippen LogP contribution in [-0.4, -0.2) is 26.0 Å². The minimum absolute atomic E-state index is 0.101. The number of aliphatic hydroxyl groups is 1. The molecule has 1 N–H and O–H groups in total. The number of thioether (sulfide) groups is 1. The Kier molecular flexibility index (Phi) is 4.36. The van der Waals surface area contributed by atoms with Crippen molar-refractivity contribution < 1.29 is 5.11 Å². The van der Waals surface area contributed by atoms with Crippen molar-refractivity contribution in [2.24, 2.45) is 0 Å². The zero-order valence-electron chi connectivity index (χ0n) is 13.3. The van der Waals surface area contributed by atoms with Gasteiger partial charge in [0.2, 0.25) is 0 Å². The van der Waals surface area contributed by atoms with Crippen LogP contribution >= 0.6 is 23.1 Å². The van der Waals surface area contributed by atoms with Crippen LogP contribution < -0.4 is 5.56 Å². The molecule has 0 amide bonds. The van der Waals surface area contributed by atoms with Crippen molar-refractivity contribution in [2.45, 2.75) is 63.8 Å². The van der Waals surface area contributed by atoms with Gasteiger partial charge in [0, 0.05) is 17.2 Å². The predicted molar refractivity (Wildman–Crippen MR) is 93.2 cm³/mol. The largest absolute Gasteiger partial charge is 0.390 e. The summed E-state index contributed by atoms with van der Waals surface area (Å²) < 4.78 is 1.80. The molecule has 2 aromatic rings. The standard InChI is InChI=1S/C16H22N2O2S2/c1-4-8-18-14(19)12-10-6-5-7-11(10)22-13(12)17-15(18)21-9-16(2,3)20/h20H,4-9H2,1-3H3. The van der Waals surface area contributed by atoms with Gasteiger partial charge in [-0.05, 0) is 45.1 Å². The summed E-state index contributed by atoms with van der Waals surface area (Å²) in [5.41, 5.74) is 0.567. The Morgan fingerprint density at radius 3 is 2.86 bits per heavy atom. The highest BCUT2D eigenvalue weighted by Crippen LogP contribution is 2.35. The molecule has 0 unspecified atom stereocenters. The molecule has 0 bridgehead atoms. The van der Waals surface area contributed by atoms with Crippen molar-refractivity contribution in [1.29, 1.82) is 0 Å². The number of aryl methyl sites for hydroxylation is 2. The van der Waals surface area contributed by atoms with E-state index >= 15 is 0 Å². The fraction of sp³-hybridized carbons (Fsp3) is 0.625. The van der Waals surface area contributed by atoms with Crippen molar-refractivity contribution in [1.82, 2.24) is 9.55 Å². The second-order valence-corrected chi connectivity index (χ2v) is 8.52. The van der Waals surface area contributed by atoms with Gasteiger partial charge in [-0.1, -0.05) is 18.7 Å². The lowest BCUT2D eigenvalue weighted by Gasteiger charge is -2.17. The highest BCUT2D eigenvalue weighted by Gasteiger charge is 2.24. The number of hydrogen-bond donors (Lipinski definition) is 1. The maximum Gasteiger partial charge on any atom is 0.263 e. The summed E-state index contributed by atoms with van der Waals surface area (Å²) >= 11 is 3.15. The van der Waals surface area contributed by atoms with E-state index in [1.807, 2.05) is 0 Å². The van der Waals surface area contributed by atoms with Crippen LogP contribution in [0.25, 0.3) is 10.2 Å². The van der Waals surface area contributed by atoms with E-state index in [2.05, 4.69) is 6.92 Å². The van der Waals surface area contributed by atoms with Gasteiger partial charge in [0.25, 0.3) is 5.56 Å². The highest BCUT2D eigenvalue weighted by molar-refractivity contribution is 7.99. The van der Waals surface area contributed by atoms with Gasteiger partial charge in [-0.3, -0.25) is 9.36 Å². The van der Waals surface area contributed by atoms with E-state index in [1.165, 1.54) is 22.2 Å². The minimum atomic E-state index is -0.772. The molecular formula is C16H22N2O2S2. The monoisotopic (exact) mass is 338 g/mol. The van der Waals surface area contributed by atoms with Gasteiger partial charge >= 0.3 is 0 Å². The maximum atomic E-state index is 12.9. The molecule has 6 heteroatoms. The van der Waals surface area contributed by atoms with E-state index in [-0.39, 0.29) is 5.56 Å². The fourth-order valence-electron chi connectivity index (χ4n) is 2.83. The molecule has 1 aliphatic rings. The molecule has 22 heavy (non-hydrogen) atoms. The van der Waals surface area contributed by atoms with Crippen LogP contribution in [0.4, 0.5) is 0 Å². The zero-order valence-corrected chi connectivity index (χ0v) is 14.9. The summed E-state index contributed by atoms with van der Waals surface area (Å²) in [5, 5.41) is 11.5. The molecule has 0 spiro atoms. The molecule has 0 atom stereocenters. The lowest BCUT2D eigenvalue weighted by atomic mass is 10.2. The topological polar surface area (TPSA) is 55.1 Å². The zero-order chi connectivity index (χ0) is 15.9. The van der Waals surface area contributed by atoms with Crippen molar-refractivity contribution >= 4 is 33.3 Å². The second kappa shape index (κ2) is 5.98. The molecule has 0 saturated carbocycles. The summed E-state index contributed by atoms with van der Waals surface area (Å²) in [6.45, 7) is 6.31. The van der Waals surface area contributed by atoms with Crippen LogP contribution in [0.15, 0.2) is 9.95 Å². The number of nitrogens with zero attached hydrogens (tertiary/aromatic N) is 2. The first-order valence-electron chi connectivity index (χ1n) is 7.81. The average molecular weight is 338 g/mol. The maximum absolute atomic E-state index is 12.9. The number of rotatable bonds is 5. The highest BCUT2D eigenvalue weighted by atomic mass is 32.2. The number of hydrogen-bond acceptors (Lipinski definition) is 5. The molecule has 0 aromatic carbocycles. The van der Waals surface area contributed by atoms with Crippen molar-refractivity contribution in [3.05, 3.63) is 20.8 Å². The quantitative estimate of drug-likeness (QED) is 0.672. The SMILES string of the molecule is CCCn1c(SCC(C)(C)O)nc2sc3c(c2c1=O)CCC3. The average Bonchev–Trinajstić information content (AvgIpc) is 2.99. The fourth-order valence-corrected chi connectivity index (χ4v) is 5.11. The van der Waals surface area contributed by atoms with Crippen LogP contribution in [0.5, 0.6) is 0 Å². The Labute approximate surface area is 138 Å². The minimum Gasteiger partial charge on any atom is -0.390 e. The van der Waals surface area contributed by atoms with E-state index in [9.17, 15) is 9.90 Å². The van der Waals surface area contributed by atoms with Gasteiger partial charge in [0.15, 0.2) is 5.16 Å². The summed E-state index contributed by atoms with van der Waals surface area (Å²) in [5.74, 6) is 0.528. The normalized spacial score (nSPS) is 14.7. The van der Waals surface area contributed by atoms with Crippen LogP contribution in [0, 0.1) is 0 Å². The lowest BCUT2D eigenvalue weighted by molar-refractivity contribution is 0.107. The van der Waals surface area contributed by atoms with Crippen molar-refractivity contribution in [3.8, 4) is 0 Å². The van der Waals surface area contributed by atoms with Crippen molar-refractivity contribution in [2.75, 3.05) is 5.75 Å². The summed E-state index contributed by atoms with van der Waals surface area (Å²) in [7, 11) is 0. The Bertz CT molecular complexity index is 756. The van der Waals surface area contributed by atoms with Gasteiger partial charge in [-0.15, -0.1) is 11.3 Å². The molecule has 0 saturated heterocycles. The Morgan fingerprint density at radius 2 is 2.18 bits per heavy atom. The number of fused-ring (bicyclic) bond motifs is 3. The smallest absolute Gasteiger partial charge is 0.263 e. The van der Waals surface area contributed by atoms with Crippen molar-refractivity contribution in [3.63, 3.8) is 0 Å². The van der Waals surface area contributed by atoms with Crippen LogP contribution in [0.3, 0.4) is 0 Å². The van der Waals surface area contributed by atoms with E-state index in [4.69, 9.17) is 4.98 Å². The van der Waals surface area contributed by atoms with E-state index in [0.717, 1.165) is 41.1 Å². The summed E-state index contributed by atoms with van der Waals surface area (Å²) in [6.07, 6.45) is 4.14. The van der Waals surface area contributed by atoms with Crippen LogP contribution in [0.2, 0.25) is 0 Å². The van der Waals surface area contributed by atoms with Gasteiger partial charge < -0.3 is 5.11 Å². The third-order valence-corrected chi connectivity index (χ3v) is 6.40. The molecule has 4 nitrogen and oxygen atoms in total.